The number of carbonyl (C=O) groups is 2. The van der Waals surface area contributed by atoms with Crippen molar-refractivity contribution >= 4 is 11.8 Å². The Balaban J connectivity index is 1.30. The Kier molecular flexibility index (Phi) is 4.73. The van der Waals surface area contributed by atoms with E-state index in [1.807, 2.05) is 29.2 Å². The Morgan fingerprint density at radius 1 is 0.889 bits per heavy atom. The second-order valence-electron chi connectivity index (χ2n) is 8.01. The van der Waals surface area contributed by atoms with E-state index >= 15 is 0 Å². The molecule has 1 heterocycles. The van der Waals surface area contributed by atoms with Gasteiger partial charge in [0.2, 0.25) is 5.91 Å². The fourth-order valence-corrected chi connectivity index (χ4v) is 3.84. The Morgan fingerprint density at radius 2 is 1.44 bits per heavy atom. The van der Waals surface area contributed by atoms with Crippen LogP contribution in [0.2, 0.25) is 0 Å². The van der Waals surface area contributed by atoms with Crippen molar-refractivity contribution < 1.29 is 9.59 Å². The molecule has 1 N–H and O–H groups in total. The Bertz CT molecular complexity index is 826. The molecule has 0 radical (unpaired) electrons. The van der Waals surface area contributed by atoms with E-state index in [9.17, 15) is 9.59 Å². The summed E-state index contributed by atoms with van der Waals surface area (Å²) in [7, 11) is 0. The first kappa shape index (κ1) is 17.8. The maximum atomic E-state index is 12.4. The molecule has 4 nitrogen and oxygen atoms in total. The molecule has 0 atom stereocenters. The van der Waals surface area contributed by atoms with Gasteiger partial charge in [-0.3, -0.25) is 9.59 Å². The minimum absolute atomic E-state index is 0.0233. The van der Waals surface area contributed by atoms with E-state index in [0.29, 0.717) is 11.0 Å². The zero-order valence-electron chi connectivity index (χ0n) is 15.8. The molecule has 2 aromatic carbocycles. The van der Waals surface area contributed by atoms with Gasteiger partial charge in [-0.05, 0) is 61.3 Å². The van der Waals surface area contributed by atoms with E-state index in [1.165, 1.54) is 18.4 Å². The van der Waals surface area contributed by atoms with Crippen LogP contribution >= 0.6 is 0 Å². The fraction of sp³-hybridized carbons (Fsp3) is 0.391. The summed E-state index contributed by atoms with van der Waals surface area (Å²) in [5.41, 5.74) is 4.56. The Morgan fingerprint density at radius 3 is 2.00 bits per heavy atom. The summed E-state index contributed by atoms with van der Waals surface area (Å²) >= 11 is 0. The van der Waals surface area contributed by atoms with Crippen molar-refractivity contribution in [2.75, 3.05) is 19.6 Å². The lowest BCUT2D eigenvalue weighted by molar-refractivity contribution is -0.131. The molecule has 140 valence electrons. The van der Waals surface area contributed by atoms with Gasteiger partial charge in [0.1, 0.15) is 0 Å². The second-order valence-corrected chi connectivity index (χ2v) is 8.01. The molecule has 0 unspecified atom stereocenters. The van der Waals surface area contributed by atoms with Crippen molar-refractivity contribution in [1.82, 2.24) is 10.2 Å². The molecule has 2 aromatic rings. The van der Waals surface area contributed by atoms with Crippen LogP contribution in [0.3, 0.4) is 0 Å². The largest absolute Gasteiger partial charge is 0.343 e. The first-order valence-corrected chi connectivity index (χ1v) is 9.78. The lowest BCUT2D eigenvalue weighted by Gasteiger charge is -2.32. The van der Waals surface area contributed by atoms with Gasteiger partial charge in [-0.2, -0.15) is 0 Å². The highest BCUT2D eigenvalue weighted by Gasteiger charge is 2.44. The normalized spacial score (nSPS) is 17.6. The van der Waals surface area contributed by atoms with Gasteiger partial charge in [-0.15, -0.1) is 0 Å². The quantitative estimate of drug-likeness (QED) is 0.899. The molecule has 2 aliphatic rings. The van der Waals surface area contributed by atoms with Crippen LogP contribution in [0.5, 0.6) is 0 Å². The first-order chi connectivity index (χ1) is 13.0. The standard InChI is InChI=1S/C23H26N2O2/c1-17-2-4-18(5-3-17)19-6-8-20(9-7-19)22(27)24-16-21(26)25-14-12-23(10-11-23)13-15-25/h2-9H,10-16H2,1H3,(H,24,27). The molecule has 4 rings (SSSR count). The summed E-state index contributed by atoms with van der Waals surface area (Å²) in [5, 5.41) is 2.77. The van der Waals surface area contributed by atoms with Gasteiger partial charge < -0.3 is 10.2 Å². The number of carbonyl (C=O) groups excluding carboxylic acids is 2. The van der Waals surface area contributed by atoms with Gasteiger partial charge in [0.15, 0.2) is 0 Å². The van der Waals surface area contributed by atoms with E-state index in [2.05, 4.69) is 36.5 Å². The second kappa shape index (κ2) is 7.18. The number of nitrogens with zero attached hydrogens (tertiary/aromatic N) is 1. The third-order valence-electron chi connectivity index (χ3n) is 6.07. The van der Waals surface area contributed by atoms with Crippen LogP contribution < -0.4 is 5.32 Å². The number of rotatable bonds is 4. The van der Waals surface area contributed by atoms with Crippen LogP contribution in [0, 0.1) is 12.3 Å². The predicted octanol–water partition coefficient (Wildman–Crippen LogP) is 3.79. The van der Waals surface area contributed by atoms with Gasteiger partial charge in [0.25, 0.3) is 5.91 Å². The zero-order valence-corrected chi connectivity index (χ0v) is 15.8. The van der Waals surface area contributed by atoms with Crippen molar-refractivity contribution in [3.63, 3.8) is 0 Å². The van der Waals surface area contributed by atoms with Gasteiger partial charge >= 0.3 is 0 Å². The zero-order chi connectivity index (χ0) is 18.9. The Hall–Kier alpha value is -2.62. The van der Waals surface area contributed by atoms with Crippen LogP contribution in [0.1, 0.15) is 41.6 Å². The minimum atomic E-state index is -0.200. The number of benzene rings is 2. The number of likely N-dealkylation sites (tertiary alicyclic amines) is 1. The number of amides is 2. The topological polar surface area (TPSA) is 49.4 Å². The van der Waals surface area contributed by atoms with E-state index in [-0.39, 0.29) is 18.4 Å². The van der Waals surface area contributed by atoms with E-state index in [4.69, 9.17) is 0 Å². The number of aryl methyl sites for hydroxylation is 1. The molecule has 4 heteroatoms. The maximum Gasteiger partial charge on any atom is 0.251 e. The smallest absolute Gasteiger partial charge is 0.251 e. The molecule has 1 aliphatic carbocycles. The lowest BCUT2D eigenvalue weighted by Crippen LogP contribution is -2.44. The van der Waals surface area contributed by atoms with Crippen molar-refractivity contribution in [2.45, 2.75) is 32.6 Å². The van der Waals surface area contributed by atoms with Gasteiger partial charge in [0.05, 0.1) is 6.54 Å². The number of piperidine rings is 1. The highest BCUT2D eigenvalue weighted by Crippen LogP contribution is 2.53. The van der Waals surface area contributed by atoms with Crippen LogP contribution in [-0.4, -0.2) is 36.3 Å². The predicted molar refractivity (Wildman–Crippen MR) is 106 cm³/mol. The van der Waals surface area contributed by atoms with Crippen molar-refractivity contribution in [2.24, 2.45) is 5.41 Å². The summed E-state index contributed by atoms with van der Waals surface area (Å²) < 4.78 is 0. The van der Waals surface area contributed by atoms with Crippen LogP contribution in [-0.2, 0) is 4.79 Å². The number of hydrogen-bond donors (Lipinski definition) is 1. The van der Waals surface area contributed by atoms with E-state index < -0.39 is 0 Å². The molecule has 27 heavy (non-hydrogen) atoms. The van der Waals surface area contributed by atoms with Crippen LogP contribution in [0.15, 0.2) is 48.5 Å². The molecule has 1 aliphatic heterocycles. The summed E-state index contributed by atoms with van der Waals surface area (Å²) in [6, 6.07) is 15.8. The van der Waals surface area contributed by atoms with Gasteiger partial charge in [-0.1, -0.05) is 42.0 Å². The van der Waals surface area contributed by atoms with Crippen molar-refractivity contribution in [1.29, 1.82) is 0 Å². The first-order valence-electron chi connectivity index (χ1n) is 9.78. The van der Waals surface area contributed by atoms with Gasteiger partial charge in [-0.25, -0.2) is 0 Å². The van der Waals surface area contributed by atoms with Crippen LogP contribution in [0.25, 0.3) is 11.1 Å². The van der Waals surface area contributed by atoms with Crippen molar-refractivity contribution in [3.05, 3.63) is 59.7 Å². The summed E-state index contributed by atoms with van der Waals surface area (Å²) in [6.45, 7) is 3.80. The molecule has 0 bridgehead atoms. The lowest BCUT2D eigenvalue weighted by atomic mass is 9.94. The average Bonchev–Trinajstić information content (AvgIpc) is 3.46. The fourth-order valence-electron chi connectivity index (χ4n) is 3.84. The summed E-state index contributed by atoms with van der Waals surface area (Å²) in [5.74, 6) is -0.176. The number of hydrogen-bond acceptors (Lipinski definition) is 2. The van der Waals surface area contributed by atoms with E-state index in [1.54, 1.807) is 0 Å². The van der Waals surface area contributed by atoms with Crippen LogP contribution in [0.4, 0.5) is 0 Å². The molecule has 2 fully saturated rings. The molecular formula is C23H26N2O2. The maximum absolute atomic E-state index is 12.4. The molecule has 2 amide bonds. The highest BCUT2D eigenvalue weighted by molar-refractivity contribution is 5.96. The SMILES string of the molecule is Cc1ccc(-c2ccc(C(=O)NCC(=O)N3CCC4(CC3)CC4)cc2)cc1. The third-order valence-corrected chi connectivity index (χ3v) is 6.07. The average molecular weight is 362 g/mol. The van der Waals surface area contributed by atoms with Gasteiger partial charge in [0, 0.05) is 18.7 Å². The van der Waals surface area contributed by atoms with Crippen molar-refractivity contribution in [3.8, 4) is 11.1 Å². The number of nitrogens with one attached hydrogen (secondary N) is 1. The monoisotopic (exact) mass is 362 g/mol. The molecule has 1 saturated heterocycles. The highest BCUT2D eigenvalue weighted by atomic mass is 16.2. The van der Waals surface area contributed by atoms with E-state index in [0.717, 1.165) is 37.1 Å². The molecule has 0 aromatic heterocycles. The third kappa shape index (κ3) is 4.05. The molecule has 1 saturated carbocycles. The Labute approximate surface area is 160 Å². The molecule has 1 spiro atoms. The minimum Gasteiger partial charge on any atom is -0.343 e. The summed E-state index contributed by atoms with van der Waals surface area (Å²) in [6.07, 6.45) is 4.88. The molecular weight excluding hydrogens is 336 g/mol. The summed E-state index contributed by atoms with van der Waals surface area (Å²) in [4.78, 5) is 26.6.